The van der Waals surface area contributed by atoms with E-state index in [9.17, 15) is 9.18 Å². The lowest BCUT2D eigenvalue weighted by Crippen LogP contribution is -2.01. The first-order valence-corrected chi connectivity index (χ1v) is 3.91. The van der Waals surface area contributed by atoms with Crippen LogP contribution >= 0.6 is 12.6 Å². The van der Waals surface area contributed by atoms with Crippen LogP contribution in [0.1, 0.15) is 0 Å². The number of rotatable bonds is 2. The van der Waals surface area contributed by atoms with Crippen molar-refractivity contribution in [1.29, 1.82) is 0 Å². The van der Waals surface area contributed by atoms with E-state index in [0.29, 0.717) is 5.69 Å². The summed E-state index contributed by atoms with van der Waals surface area (Å²) < 4.78 is 17.7. The van der Waals surface area contributed by atoms with Crippen LogP contribution in [-0.2, 0) is 0 Å². The number of halogens is 1. The maximum Gasteiger partial charge on any atom is 0.280 e. The van der Waals surface area contributed by atoms with Gasteiger partial charge in [0.05, 0.1) is 7.11 Å². The van der Waals surface area contributed by atoms with Crippen molar-refractivity contribution in [2.45, 2.75) is 0 Å². The molecule has 0 saturated carbocycles. The Morgan fingerprint density at radius 2 is 2.31 bits per heavy atom. The van der Waals surface area contributed by atoms with Gasteiger partial charge in [-0.05, 0) is 12.1 Å². The first-order chi connectivity index (χ1) is 6.13. The molecule has 0 heterocycles. The lowest BCUT2D eigenvalue weighted by atomic mass is 10.3. The minimum Gasteiger partial charge on any atom is -0.494 e. The van der Waals surface area contributed by atoms with Gasteiger partial charge in [0.1, 0.15) is 0 Å². The fourth-order valence-electron chi connectivity index (χ4n) is 0.868. The molecular weight excluding hydrogens is 193 g/mol. The third kappa shape index (κ3) is 2.62. The number of hydrogen-bond donors (Lipinski definition) is 2. The second-order valence-corrected chi connectivity index (χ2v) is 2.69. The normalized spacial score (nSPS) is 9.46. The monoisotopic (exact) mass is 201 g/mol. The zero-order valence-electron chi connectivity index (χ0n) is 6.87. The fraction of sp³-hybridized carbons (Fsp3) is 0.125. The van der Waals surface area contributed by atoms with Gasteiger partial charge in [0.15, 0.2) is 11.6 Å². The van der Waals surface area contributed by atoms with Crippen LogP contribution < -0.4 is 10.1 Å². The highest BCUT2D eigenvalue weighted by molar-refractivity contribution is 7.96. The summed E-state index contributed by atoms with van der Waals surface area (Å²) in [5.41, 5.74) is 0.346. The van der Waals surface area contributed by atoms with Gasteiger partial charge in [-0.3, -0.25) is 4.79 Å². The van der Waals surface area contributed by atoms with Gasteiger partial charge in [-0.2, -0.15) is 0 Å². The van der Waals surface area contributed by atoms with Crippen LogP contribution in [0.2, 0.25) is 0 Å². The molecule has 0 saturated heterocycles. The molecule has 0 aliphatic carbocycles. The van der Waals surface area contributed by atoms with Gasteiger partial charge in [-0.15, -0.1) is 0 Å². The molecule has 0 aliphatic rings. The Morgan fingerprint density at radius 3 is 2.77 bits per heavy atom. The van der Waals surface area contributed by atoms with Gasteiger partial charge in [-0.1, -0.05) is 12.6 Å². The van der Waals surface area contributed by atoms with Gasteiger partial charge in [0.2, 0.25) is 0 Å². The quantitative estimate of drug-likeness (QED) is 0.720. The molecule has 1 aromatic carbocycles. The molecule has 1 N–H and O–H groups in total. The summed E-state index contributed by atoms with van der Waals surface area (Å²) in [6, 6.07) is 4.11. The fourth-order valence-corrected chi connectivity index (χ4v) is 0.997. The largest absolute Gasteiger partial charge is 0.494 e. The van der Waals surface area contributed by atoms with Crippen LogP contribution in [0.5, 0.6) is 5.75 Å². The van der Waals surface area contributed by atoms with E-state index >= 15 is 0 Å². The van der Waals surface area contributed by atoms with Crippen molar-refractivity contribution in [2.24, 2.45) is 0 Å². The molecule has 0 atom stereocenters. The Morgan fingerprint density at radius 1 is 1.62 bits per heavy atom. The van der Waals surface area contributed by atoms with E-state index in [-0.39, 0.29) is 5.75 Å². The van der Waals surface area contributed by atoms with E-state index in [1.165, 1.54) is 19.2 Å². The van der Waals surface area contributed by atoms with Crippen LogP contribution in [0.15, 0.2) is 18.2 Å². The third-order valence-electron chi connectivity index (χ3n) is 1.40. The van der Waals surface area contributed by atoms with E-state index in [2.05, 4.69) is 17.9 Å². The molecule has 0 radical (unpaired) electrons. The SMILES string of the molecule is COc1ccc(NC(=O)S)cc1F. The summed E-state index contributed by atoms with van der Waals surface area (Å²) in [6.45, 7) is 0. The van der Waals surface area contributed by atoms with Crippen molar-refractivity contribution in [2.75, 3.05) is 12.4 Å². The van der Waals surface area contributed by atoms with Crippen LogP contribution in [-0.4, -0.2) is 12.3 Å². The molecule has 1 amide bonds. The smallest absolute Gasteiger partial charge is 0.280 e. The lowest BCUT2D eigenvalue weighted by Gasteiger charge is -2.04. The Kier molecular flexibility index (Phi) is 3.13. The van der Waals surface area contributed by atoms with E-state index in [4.69, 9.17) is 4.74 Å². The van der Waals surface area contributed by atoms with Crippen LogP contribution in [0.25, 0.3) is 0 Å². The minimum absolute atomic E-state index is 0.136. The number of benzene rings is 1. The standard InChI is InChI=1S/C8H8FNO2S/c1-12-7-3-2-5(4-6(7)9)10-8(11)13/h2-4H,1H3,(H2,10,11,13). The molecule has 0 unspecified atom stereocenters. The molecule has 13 heavy (non-hydrogen) atoms. The van der Waals surface area contributed by atoms with E-state index < -0.39 is 11.1 Å². The van der Waals surface area contributed by atoms with Crippen LogP contribution in [0.3, 0.4) is 0 Å². The van der Waals surface area contributed by atoms with Gasteiger partial charge in [0, 0.05) is 11.8 Å². The summed E-state index contributed by atoms with van der Waals surface area (Å²) in [6.07, 6.45) is 0. The predicted octanol–water partition coefficient (Wildman–Crippen LogP) is 2.30. The maximum absolute atomic E-state index is 13.0. The zero-order chi connectivity index (χ0) is 9.84. The Labute approximate surface area is 80.3 Å². The molecule has 0 aliphatic heterocycles. The number of hydrogen-bond acceptors (Lipinski definition) is 2. The van der Waals surface area contributed by atoms with E-state index in [1.807, 2.05) is 0 Å². The molecule has 3 nitrogen and oxygen atoms in total. The Balaban J connectivity index is 2.89. The third-order valence-corrected chi connectivity index (χ3v) is 1.51. The van der Waals surface area contributed by atoms with Crippen molar-refractivity contribution in [3.8, 4) is 5.75 Å². The molecule has 0 aromatic heterocycles. The molecule has 1 aromatic rings. The Hall–Kier alpha value is -1.23. The first-order valence-electron chi connectivity index (χ1n) is 3.47. The molecule has 70 valence electrons. The van der Waals surface area contributed by atoms with E-state index in [1.54, 1.807) is 0 Å². The number of thiol groups is 1. The summed E-state index contributed by atoms with van der Waals surface area (Å²) >= 11 is 3.49. The molecule has 5 heteroatoms. The predicted molar refractivity (Wildman–Crippen MR) is 51.0 cm³/mol. The van der Waals surface area contributed by atoms with Crippen molar-refractivity contribution in [3.05, 3.63) is 24.0 Å². The number of ether oxygens (including phenoxy) is 1. The van der Waals surface area contributed by atoms with Crippen molar-refractivity contribution in [3.63, 3.8) is 0 Å². The maximum atomic E-state index is 13.0. The number of carbonyl (C=O) groups excluding carboxylic acids is 1. The summed E-state index contributed by atoms with van der Waals surface area (Å²) in [7, 11) is 1.37. The number of anilines is 1. The minimum atomic E-state index is -0.537. The molecule has 0 fully saturated rings. The second-order valence-electron chi connectivity index (χ2n) is 2.28. The molecular formula is C8H8FNO2S. The van der Waals surface area contributed by atoms with Gasteiger partial charge in [-0.25, -0.2) is 4.39 Å². The topological polar surface area (TPSA) is 38.3 Å². The van der Waals surface area contributed by atoms with Crippen molar-refractivity contribution in [1.82, 2.24) is 0 Å². The Bertz CT molecular complexity index is 330. The highest BCUT2D eigenvalue weighted by atomic mass is 32.1. The molecule has 0 spiro atoms. The van der Waals surface area contributed by atoms with Gasteiger partial charge in [0.25, 0.3) is 5.24 Å². The van der Waals surface area contributed by atoms with Crippen molar-refractivity contribution < 1.29 is 13.9 Å². The summed E-state index contributed by atoms with van der Waals surface area (Å²) in [4.78, 5) is 10.5. The highest BCUT2D eigenvalue weighted by Gasteiger charge is 2.03. The number of amides is 1. The number of carbonyl (C=O) groups is 1. The van der Waals surface area contributed by atoms with Crippen molar-refractivity contribution >= 4 is 23.6 Å². The highest BCUT2D eigenvalue weighted by Crippen LogP contribution is 2.20. The second kappa shape index (κ2) is 4.13. The molecule has 1 rings (SSSR count). The average Bonchev–Trinajstić information content (AvgIpc) is 2.03. The zero-order valence-corrected chi connectivity index (χ0v) is 7.77. The number of methoxy groups -OCH3 is 1. The molecule has 0 bridgehead atoms. The average molecular weight is 201 g/mol. The summed E-state index contributed by atoms with van der Waals surface area (Å²) in [5, 5.41) is 1.79. The van der Waals surface area contributed by atoms with Gasteiger partial charge < -0.3 is 10.1 Å². The van der Waals surface area contributed by atoms with Crippen LogP contribution in [0, 0.1) is 5.82 Å². The van der Waals surface area contributed by atoms with E-state index in [0.717, 1.165) is 6.07 Å². The lowest BCUT2D eigenvalue weighted by molar-refractivity contribution is 0.270. The van der Waals surface area contributed by atoms with Gasteiger partial charge >= 0.3 is 0 Å². The first kappa shape index (κ1) is 9.85. The summed E-state index contributed by atoms with van der Waals surface area (Å²) in [5.74, 6) is -0.390. The number of nitrogens with one attached hydrogen (secondary N) is 1. The van der Waals surface area contributed by atoms with Crippen LogP contribution in [0.4, 0.5) is 14.9 Å².